The second-order valence-corrected chi connectivity index (χ2v) is 3.43. The lowest BCUT2D eigenvalue weighted by Gasteiger charge is -2.00. The Morgan fingerprint density at radius 2 is 2.29 bits per heavy atom. The number of aromatic nitrogens is 2. The van der Waals surface area contributed by atoms with Crippen LogP contribution in [0.1, 0.15) is 12.8 Å². The van der Waals surface area contributed by atoms with E-state index in [1.807, 2.05) is 0 Å². The Morgan fingerprint density at radius 1 is 1.53 bits per heavy atom. The zero-order chi connectivity index (χ0) is 12.7. The van der Waals surface area contributed by atoms with Gasteiger partial charge in [-0.1, -0.05) is 0 Å². The molecule has 0 bridgehead atoms. The van der Waals surface area contributed by atoms with Gasteiger partial charge in [0.1, 0.15) is 0 Å². The van der Waals surface area contributed by atoms with E-state index in [1.165, 1.54) is 6.20 Å². The SMILES string of the molecule is COCCn1cc(NC(=O)CCC(=O)O)cn1. The number of amides is 1. The van der Waals surface area contributed by atoms with Crippen LogP contribution >= 0.6 is 0 Å². The maximum absolute atomic E-state index is 11.3. The van der Waals surface area contributed by atoms with Crippen molar-refractivity contribution in [2.24, 2.45) is 0 Å². The fraction of sp³-hybridized carbons (Fsp3) is 0.500. The van der Waals surface area contributed by atoms with Crippen LogP contribution in [0.4, 0.5) is 5.69 Å². The number of hydrogen-bond acceptors (Lipinski definition) is 4. The zero-order valence-electron chi connectivity index (χ0n) is 9.55. The quantitative estimate of drug-likeness (QED) is 0.717. The third-order valence-corrected chi connectivity index (χ3v) is 2.01. The molecule has 0 aliphatic rings. The highest BCUT2D eigenvalue weighted by Gasteiger charge is 2.06. The van der Waals surface area contributed by atoms with Crippen molar-refractivity contribution in [3.8, 4) is 0 Å². The molecule has 0 fully saturated rings. The minimum Gasteiger partial charge on any atom is -0.481 e. The molecule has 0 spiro atoms. The van der Waals surface area contributed by atoms with E-state index in [2.05, 4.69) is 10.4 Å². The largest absolute Gasteiger partial charge is 0.481 e. The summed E-state index contributed by atoms with van der Waals surface area (Å²) < 4.78 is 6.52. The number of ether oxygens (including phenoxy) is 1. The van der Waals surface area contributed by atoms with E-state index in [0.717, 1.165) is 0 Å². The van der Waals surface area contributed by atoms with Gasteiger partial charge in [-0.25, -0.2) is 0 Å². The van der Waals surface area contributed by atoms with Gasteiger partial charge in [0.15, 0.2) is 0 Å². The zero-order valence-corrected chi connectivity index (χ0v) is 9.55. The molecule has 0 atom stereocenters. The van der Waals surface area contributed by atoms with Crippen LogP contribution in [0.25, 0.3) is 0 Å². The highest BCUT2D eigenvalue weighted by molar-refractivity contribution is 5.92. The van der Waals surface area contributed by atoms with Crippen LogP contribution in [0.2, 0.25) is 0 Å². The van der Waals surface area contributed by atoms with E-state index in [4.69, 9.17) is 9.84 Å². The Morgan fingerprint density at radius 3 is 2.94 bits per heavy atom. The van der Waals surface area contributed by atoms with Crippen molar-refractivity contribution in [2.75, 3.05) is 19.0 Å². The van der Waals surface area contributed by atoms with Crippen molar-refractivity contribution in [3.05, 3.63) is 12.4 Å². The third kappa shape index (κ3) is 5.12. The number of nitrogens with one attached hydrogen (secondary N) is 1. The maximum Gasteiger partial charge on any atom is 0.303 e. The predicted octanol–water partition coefficient (Wildman–Crippen LogP) is 0.333. The number of hydrogen-bond donors (Lipinski definition) is 2. The molecule has 0 aliphatic carbocycles. The van der Waals surface area contributed by atoms with Gasteiger partial charge in [-0.2, -0.15) is 5.10 Å². The van der Waals surface area contributed by atoms with E-state index in [1.54, 1.807) is 18.0 Å². The number of anilines is 1. The maximum atomic E-state index is 11.3. The second kappa shape index (κ2) is 6.64. The summed E-state index contributed by atoms with van der Waals surface area (Å²) in [6.45, 7) is 1.13. The molecule has 0 saturated heterocycles. The van der Waals surface area contributed by atoms with Gasteiger partial charge in [-0.3, -0.25) is 14.3 Å². The Kier molecular flexibility index (Phi) is 5.15. The lowest BCUT2D eigenvalue weighted by atomic mass is 10.3. The van der Waals surface area contributed by atoms with E-state index < -0.39 is 5.97 Å². The van der Waals surface area contributed by atoms with E-state index >= 15 is 0 Å². The molecule has 0 saturated carbocycles. The number of nitrogens with zero attached hydrogens (tertiary/aromatic N) is 2. The number of carboxylic acid groups (broad SMARTS) is 1. The van der Waals surface area contributed by atoms with Gasteiger partial charge in [0, 0.05) is 19.7 Å². The summed E-state index contributed by atoms with van der Waals surface area (Å²) in [4.78, 5) is 21.6. The highest BCUT2D eigenvalue weighted by atomic mass is 16.5. The smallest absolute Gasteiger partial charge is 0.303 e. The molecular formula is C10H15N3O4. The van der Waals surface area contributed by atoms with Gasteiger partial charge in [0.05, 0.1) is 31.5 Å². The van der Waals surface area contributed by atoms with Crippen molar-refractivity contribution in [1.29, 1.82) is 0 Å². The summed E-state index contributed by atoms with van der Waals surface area (Å²) >= 11 is 0. The predicted molar refractivity (Wildman–Crippen MR) is 59.6 cm³/mol. The molecule has 1 rings (SSSR count). The van der Waals surface area contributed by atoms with E-state index in [-0.39, 0.29) is 18.7 Å². The van der Waals surface area contributed by atoms with E-state index in [0.29, 0.717) is 18.8 Å². The van der Waals surface area contributed by atoms with Crippen LogP contribution in [-0.2, 0) is 20.9 Å². The molecule has 0 unspecified atom stereocenters. The lowest BCUT2D eigenvalue weighted by molar-refractivity contribution is -0.138. The molecule has 1 aromatic rings. The second-order valence-electron chi connectivity index (χ2n) is 3.43. The first-order chi connectivity index (χ1) is 8.11. The molecule has 1 heterocycles. The highest BCUT2D eigenvalue weighted by Crippen LogP contribution is 2.05. The summed E-state index contributed by atoms with van der Waals surface area (Å²) in [5.41, 5.74) is 0.552. The van der Waals surface area contributed by atoms with Crippen LogP contribution in [0, 0.1) is 0 Å². The first-order valence-electron chi connectivity index (χ1n) is 5.15. The van der Waals surface area contributed by atoms with Crippen molar-refractivity contribution >= 4 is 17.6 Å². The fourth-order valence-corrected chi connectivity index (χ4v) is 1.18. The van der Waals surface area contributed by atoms with Gasteiger partial charge in [0.2, 0.25) is 5.91 Å². The van der Waals surface area contributed by atoms with Crippen molar-refractivity contribution in [2.45, 2.75) is 19.4 Å². The molecule has 17 heavy (non-hydrogen) atoms. The van der Waals surface area contributed by atoms with Crippen LogP contribution in [0.15, 0.2) is 12.4 Å². The Balaban J connectivity index is 2.37. The van der Waals surface area contributed by atoms with Crippen LogP contribution in [0.5, 0.6) is 0 Å². The molecular weight excluding hydrogens is 226 g/mol. The monoisotopic (exact) mass is 241 g/mol. The molecule has 2 N–H and O–H groups in total. The summed E-state index contributed by atoms with van der Waals surface area (Å²) in [6.07, 6.45) is 2.95. The molecule has 1 amide bonds. The molecule has 1 aromatic heterocycles. The molecule has 7 nitrogen and oxygen atoms in total. The molecule has 0 aliphatic heterocycles. The summed E-state index contributed by atoms with van der Waals surface area (Å²) in [5, 5.41) is 15.0. The normalized spacial score (nSPS) is 10.2. The average Bonchev–Trinajstić information content (AvgIpc) is 2.71. The number of aliphatic carboxylic acids is 1. The number of methoxy groups -OCH3 is 1. The van der Waals surface area contributed by atoms with Crippen molar-refractivity contribution in [3.63, 3.8) is 0 Å². The van der Waals surface area contributed by atoms with Crippen LogP contribution in [0.3, 0.4) is 0 Å². The lowest BCUT2D eigenvalue weighted by Crippen LogP contribution is -2.12. The first kappa shape index (κ1) is 13.2. The van der Waals surface area contributed by atoms with Gasteiger partial charge in [-0.05, 0) is 0 Å². The first-order valence-corrected chi connectivity index (χ1v) is 5.15. The molecule has 7 heteroatoms. The molecule has 94 valence electrons. The van der Waals surface area contributed by atoms with Gasteiger partial charge in [-0.15, -0.1) is 0 Å². The number of carbonyl (C=O) groups excluding carboxylic acids is 1. The van der Waals surface area contributed by atoms with Crippen molar-refractivity contribution < 1.29 is 19.4 Å². The average molecular weight is 241 g/mol. The number of carbonyl (C=O) groups is 2. The number of rotatable bonds is 7. The molecule has 0 aromatic carbocycles. The van der Waals surface area contributed by atoms with Gasteiger partial charge in [0.25, 0.3) is 0 Å². The summed E-state index contributed by atoms with van der Waals surface area (Å²) in [6, 6.07) is 0. The minimum absolute atomic E-state index is 0.0431. The minimum atomic E-state index is -0.990. The topological polar surface area (TPSA) is 93.5 Å². The summed E-state index contributed by atoms with van der Waals surface area (Å²) in [5.74, 6) is -1.32. The van der Waals surface area contributed by atoms with Crippen molar-refractivity contribution in [1.82, 2.24) is 9.78 Å². The standard InChI is InChI=1S/C10H15N3O4/c1-17-5-4-13-7-8(6-11-13)12-9(14)2-3-10(15)16/h6-7H,2-5H2,1H3,(H,12,14)(H,15,16). The molecule has 0 radical (unpaired) electrons. The Labute approximate surface area is 98.4 Å². The Hall–Kier alpha value is -1.89. The van der Waals surface area contributed by atoms with E-state index in [9.17, 15) is 9.59 Å². The van der Waals surface area contributed by atoms with Gasteiger partial charge >= 0.3 is 5.97 Å². The van der Waals surface area contributed by atoms with Gasteiger partial charge < -0.3 is 15.2 Å². The summed E-state index contributed by atoms with van der Waals surface area (Å²) in [7, 11) is 1.60. The Bertz CT molecular complexity index is 389. The number of carboxylic acids is 1. The van der Waals surface area contributed by atoms with Crippen LogP contribution in [-0.4, -0.2) is 40.5 Å². The fourth-order valence-electron chi connectivity index (χ4n) is 1.18. The van der Waals surface area contributed by atoms with Crippen LogP contribution < -0.4 is 5.32 Å². The third-order valence-electron chi connectivity index (χ3n) is 2.01.